The summed E-state index contributed by atoms with van der Waals surface area (Å²) in [6.07, 6.45) is 0.903. The van der Waals surface area contributed by atoms with Gasteiger partial charge in [-0.25, -0.2) is 0 Å². The summed E-state index contributed by atoms with van der Waals surface area (Å²) in [6.45, 7) is 4.68. The van der Waals surface area contributed by atoms with E-state index in [1.165, 1.54) is 0 Å². The molecule has 0 saturated heterocycles. The van der Waals surface area contributed by atoms with E-state index in [4.69, 9.17) is 4.74 Å². The fourth-order valence-electron chi connectivity index (χ4n) is 2.17. The minimum atomic E-state index is -1.02. The minimum Gasteiger partial charge on any atom is -0.358 e. The van der Waals surface area contributed by atoms with Gasteiger partial charge in [0, 0.05) is 0 Å². The highest BCUT2D eigenvalue weighted by Crippen LogP contribution is 2.32. The molecule has 2 aromatic carbocycles. The average molecular weight is 268 g/mol. The lowest BCUT2D eigenvalue weighted by Gasteiger charge is -2.30. The van der Waals surface area contributed by atoms with Gasteiger partial charge in [-0.2, -0.15) is 0 Å². The lowest BCUT2D eigenvalue weighted by molar-refractivity contribution is -0.128. The number of benzene rings is 2. The first-order chi connectivity index (χ1) is 9.69. The molecule has 0 heterocycles. The van der Waals surface area contributed by atoms with Crippen molar-refractivity contribution in [3.63, 3.8) is 0 Å². The summed E-state index contributed by atoms with van der Waals surface area (Å²) in [5.74, 6) is 0.363. The molecular weight excluding hydrogens is 248 g/mol. The van der Waals surface area contributed by atoms with E-state index in [1.807, 2.05) is 60.7 Å². The molecule has 0 atom stereocenters. The zero-order valence-corrected chi connectivity index (χ0v) is 12.0. The van der Waals surface area contributed by atoms with Crippen molar-refractivity contribution < 1.29 is 9.53 Å². The summed E-state index contributed by atoms with van der Waals surface area (Å²) < 4.78 is 6.04. The number of rotatable bonds is 6. The fourth-order valence-corrected chi connectivity index (χ4v) is 2.17. The number of hydrogen-bond acceptors (Lipinski definition) is 2. The van der Waals surface area contributed by atoms with E-state index in [0.29, 0.717) is 12.5 Å². The summed E-state index contributed by atoms with van der Waals surface area (Å²) in [6, 6.07) is 19.3. The maximum Gasteiger partial charge on any atom is 0.173 e. The van der Waals surface area contributed by atoms with Crippen LogP contribution in [0.1, 0.15) is 25.0 Å². The number of carbonyl (C=O) groups is 1. The summed E-state index contributed by atoms with van der Waals surface area (Å²) in [7, 11) is 0. The van der Waals surface area contributed by atoms with Crippen LogP contribution < -0.4 is 0 Å². The molecule has 0 bridgehead atoms. The number of ether oxygens (including phenoxy) is 1. The van der Waals surface area contributed by atoms with Gasteiger partial charge < -0.3 is 4.74 Å². The van der Waals surface area contributed by atoms with Crippen molar-refractivity contribution in [3.8, 4) is 0 Å². The van der Waals surface area contributed by atoms with Crippen LogP contribution in [0.2, 0.25) is 0 Å². The van der Waals surface area contributed by atoms with Crippen molar-refractivity contribution in [2.24, 2.45) is 5.92 Å². The zero-order chi connectivity index (χ0) is 14.4. The van der Waals surface area contributed by atoms with Gasteiger partial charge in [0.1, 0.15) is 0 Å². The predicted molar refractivity (Wildman–Crippen MR) is 80.5 cm³/mol. The molecule has 2 rings (SSSR count). The molecular formula is C18H20O2. The Morgan fingerprint density at radius 3 is 1.75 bits per heavy atom. The summed E-state index contributed by atoms with van der Waals surface area (Å²) in [5, 5.41) is 0. The van der Waals surface area contributed by atoms with Crippen molar-refractivity contribution in [2.45, 2.75) is 19.4 Å². The van der Waals surface area contributed by atoms with Crippen molar-refractivity contribution in [1.82, 2.24) is 0 Å². The van der Waals surface area contributed by atoms with Crippen LogP contribution in [0.5, 0.6) is 0 Å². The highest BCUT2D eigenvalue weighted by Gasteiger charge is 2.35. The van der Waals surface area contributed by atoms with Gasteiger partial charge in [-0.3, -0.25) is 4.79 Å². The van der Waals surface area contributed by atoms with Crippen molar-refractivity contribution in [2.75, 3.05) is 6.61 Å². The fraction of sp³-hybridized carbons (Fsp3) is 0.278. The van der Waals surface area contributed by atoms with Crippen LogP contribution >= 0.6 is 0 Å². The van der Waals surface area contributed by atoms with Gasteiger partial charge in [0.05, 0.1) is 6.61 Å². The van der Waals surface area contributed by atoms with E-state index in [1.54, 1.807) is 0 Å². The molecule has 0 aromatic heterocycles. The van der Waals surface area contributed by atoms with Crippen LogP contribution in [-0.4, -0.2) is 12.9 Å². The maximum absolute atomic E-state index is 11.9. The Balaban J connectivity index is 2.49. The summed E-state index contributed by atoms with van der Waals surface area (Å²) in [5.41, 5.74) is 0.705. The van der Waals surface area contributed by atoms with Gasteiger partial charge in [0.25, 0.3) is 0 Å². The lowest BCUT2D eigenvalue weighted by Crippen LogP contribution is -2.34. The molecule has 0 fully saturated rings. The third-order valence-corrected chi connectivity index (χ3v) is 3.22. The quantitative estimate of drug-likeness (QED) is 0.745. The first-order valence-corrected chi connectivity index (χ1v) is 6.90. The Hall–Kier alpha value is -1.93. The van der Waals surface area contributed by atoms with Gasteiger partial charge in [-0.05, 0) is 17.0 Å². The van der Waals surface area contributed by atoms with E-state index >= 15 is 0 Å². The molecule has 104 valence electrons. The molecule has 2 aromatic rings. The smallest absolute Gasteiger partial charge is 0.173 e. The predicted octanol–water partition coefficient (Wildman–Crippen LogP) is 3.80. The second kappa shape index (κ2) is 6.49. The molecule has 0 aliphatic heterocycles. The summed E-state index contributed by atoms with van der Waals surface area (Å²) in [4.78, 5) is 11.9. The van der Waals surface area contributed by atoms with Gasteiger partial charge in [0.15, 0.2) is 11.9 Å². The van der Waals surface area contributed by atoms with E-state index < -0.39 is 5.60 Å². The Bertz CT molecular complexity index is 492. The molecule has 0 unspecified atom stereocenters. The van der Waals surface area contributed by atoms with Gasteiger partial charge >= 0.3 is 0 Å². The van der Waals surface area contributed by atoms with Crippen LogP contribution in [0.15, 0.2) is 60.7 Å². The Morgan fingerprint density at radius 1 is 0.950 bits per heavy atom. The van der Waals surface area contributed by atoms with Crippen LogP contribution in [0.3, 0.4) is 0 Å². The van der Waals surface area contributed by atoms with E-state index in [0.717, 1.165) is 17.4 Å². The van der Waals surface area contributed by atoms with Crippen molar-refractivity contribution in [3.05, 3.63) is 71.8 Å². The minimum absolute atomic E-state index is 0.363. The van der Waals surface area contributed by atoms with Crippen LogP contribution in [0.25, 0.3) is 0 Å². The Labute approximate surface area is 120 Å². The second-order valence-electron chi connectivity index (χ2n) is 5.29. The third-order valence-electron chi connectivity index (χ3n) is 3.22. The summed E-state index contributed by atoms with van der Waals surface area (Å²) >= 11 is 0. The zero-order valence-electron chi connectivity index (χ0n) is 12.0. The van der Waals surface area contributed by atoms with Gasteiger partial charge in [-0.1, -0.05) is 74.5 Å². The first-order valence-electron chi connectivity index (χ1n) is 6.90. The van der Waals surface area contributed by atoms with Crippen molar-refractivity contribution >= 4 is 6.29 Å². The van der Waals surface area contributed by atoms with E-state index in [-0.39, 0.29) is 0 Å². The number of carbonyl (C=O) groups excluding carboxylic acids is 1. The molecule has 0 aliphatic rings. The highest BCUT2D eigenvalue weighted by atomic mass is 16.5. The van der Waals surface area contributed by atoms with E-state index in [9.17, 15) is 4.79 Å². The largest absolute Gasteiger partial charge is 0.358 e. The molecule has 0 saturated carbocycles. The molecule has 2 nitrogen and oxygen atoms in total. The third kappa shape index (κ3) is 2.97. The lowest BCUT2D eigenvalue weighted by atomic mass is 9.87. The Morgan fingerprint density at radius 2 is 1.40 bits per heavy atom. The Kier molecular flexibility index (Phi) is 4.70. The topological polar surface area (TPSA) is 26.3 Å². The molecule has 0 aliphatic carbocycles. The standard InChI is InChI=1S/C18H20O2/c1-15(2)13-20-18(14-19,16-9-5-3-6-10-16)17-11-7-4-8-12-17/h3-12,14-15H,13H2,1-2H3. The van der Waals surface area contributed by atoms with Gasteiger partial charge in [0.2, 0.25) is 0 Å². The first kappa shape index (κ1) is 14.5. The second-order valence-corrected chi connectivity index (χ2v) is 5.29. The monoisotopic (exact) mass is 268 g/mol. The molecule has 0 amide bonds. The number of aldehydes is 1. The van der Waals surface area contributed by atoms with Gasteiger partial charge in [-0.15, -0.1) is 0 Å². The van der Waals surface area contributed by atoms with Crippen LogP contribution in [-0.2, 0) is 15.1 Å². The van der Waals surface area contributed by atoms with E-state index in [2.05, 4.69) is 13.8 Å². The average Bonchev–Trinajstić information content (AvgIpc) is 2.50. The van der Waals surface area contributed by atoms with Crippen LogP contribution in [0.4, 0.5) is 0 Å². The molecule has 0 radical (unpaired) electrons. The normalized spacial score (nSPS) is 11.6. The van der Waals surface area contributed by atoms with Crippen molar-refractivity contribution in [1.29, 1.82) is 0 Å². The molecule has 0 spiro atoms. The highest BCUT2D eigenvalue weighted by molar-refractivity contribution is 5.72. The maximum atomic E-state index is 11.9. The molecule has 2 heteroatoms. The van der Waals surface area contributed by atoms with Crippen LogP contribution in [0, 0.1) is 5.92 Å². The molecule has 0 N–H and O–H groups in total. The SMILES string of the molecule is CC(C)COC(C=O)(c1ccccc1)c1ccccc1. The molecule has 20 heavy (non-hydrogen) atoms. The number of hydrogen-bond donors (Lipinski definition) is 0.